The van der Waals surface area contributed by atoms with E-state index in [0.29, 0.717) is 19.3 Å². The molecule has 34 heavy (non-hydrogen) atoms. The fourth-order valence-electron chi connectivity index (χ4n) is 4.40. The van der Waals surface area contributed by atoms with Gasteiger partial charge in [0, 0.05) is 6.42 Å². The first-order valence-corrected chi connectivity index (χ1v) is 11.8. The first-order chi connectivity index (χ1) is 15.9. The lowest BCUT2D eigenvalue weighted by Crippen LogP contribution is -2.63. The highest BCUT2D eigenvalue weighted by molar-refractivity contribution is 5.78. The number of aliphatic hydroxyl groups is 4. The number of aliphatic hydroxyl groups excluding tert-OH is 3. The summed E-state index contributed by atoms with van der Waals surface area (Å²) in [5.74, 6) is -2.04. The molecule has 2 saturated heterocycles. The maximum Gasteiger partial charge on any atom is 0.335 e. The minimum Gasteiger partial charge on any atom is -0.479 e. The predicted octanol–water partition coefficient (Wildman–Crippen LogP) is -0.244. The number of amides is 1. The number of carbonyl (C=O) groups excluding carboxylic acids is 1. The van der Waals surface area contributed by atoms with E-state index < -0.39 is 67.3 Å². The van der Waals surface area contributed by atoms with Crippen LogP contribution in [0.25, 0.3) is 0 Å². The summed E-state index contributed by atoms with van der Waals surface area (Å²) in [4.78, 5) is 29.8. The minimum atomic E-state index is -2.27. The predicted molar refractivity (Wildman–Crippen MR) is 116 cm³/mol. The maximum atomic E-state index is 12.4. The van der Waals surface area contributed by atoms with Gasteiger partial charge in [-0.1, -0.05) is 27.2 Å². The molecular weight excluding hydrogens is 454 g/mol. The number of hydrogen-bond acceptors (Lipinski definition) is 10. The monoisotopic (exact) mass is 493 g/mol. The SMILES string of the molecule is CCC1CC(=O)N2OC(CO)C(O)C(OC(OC(C(=O)O)[C@H](C)OC(C)(CC)CC)C(O)O)C12. The highest BCUT2D eigenvalue weighted by atomic mass is 16.7. The van der Waals surface area contributed by atoms with Crippen LogP contribution < -0.4 is 0 Å². The molecule has 2 fully saturated rings. The van der Waals surface area contributed by atoms with Crippen molar-refractivity contribution in [1.29, 1.82) is 0 Å². The Balaban J connectivity index is 2.28. The Labute approximate surface area is 199 Å². The van der Waals surface area contributed by atoms with E-state index in [2.05, 4.69) is 0 Å². The van der Waals surface area contributed by atoms with Crippen molar-refractivity contribution < 1.29 is 54.2 Å². The summed E-state index contributed by atoms with van der Waals surface area (Å²) < 4.78 is 17.1. The topological polar surface area (TPSA) is 175 Å². The third-order valence-electron chi connectivity index (χ3n) is 6.90. The lowest BCUT2D eigenvalue weighted by atomic mass is 9.88. The Hall–Kier alpha value is -1.38. The molecule has 5 N–H and O–H groups in total. The van der Waals surface area contributed by atoms with Gasteiger partial charge in [0.2, 0.25) is 18.5 Å². The fourth-order valence-corrected chi connectivity index (χ4v) is 4.40. The van der Waals surface area contributed by atoms with Gasteiger partial charge in [0.15, 0.2) is 6.10 Å². The molecular formula is C22H39NO11. The number of rotatable bonds is 13. The van der Waals surface area contributed by atoms with Crippen molar-refractivity contribution in [3.05, 3.63) is 0 Å². The van der Waals surface area contributed by atoms with E-state index in [4.69, 9.17) is 19.0 Å². The molecule has 12 nitrogen and oxygen atoms in total. The van der Waals surface area contributed by atoms with Gasteiger partial charge in [0.05, 0.1) is 24.4 Å². The third-order valence-corrected chi connectivity index (χ3v) is 6.90. The van der Waals surface area contributed by atoms with E-state index >= 15 is 0 Å². The van der Waals surface area contributed by atoms with E-state index in [-0.39, 0.29) is 18.2 Å². The van der Waals surface area contributed by atoms with Crippen molar-refractivity contribution in [3.8, 4) is 0 Å². The maximum absolute atomic E-state index is 12.4. The largest absolute Gasteiger partial charge is 0.479 e. The second-order valence-electron chi connectivity index (χ2n) is 9.16. The summed E-state index contributed by atoms with van der Waals surface area (Å²) in [5.41, 5.74) is -0.616. The van der Waals surface area contributed by atoms with Crippen LogP contribution >= 0.6 is 0 Å². The smallest absolute Gasteiger partial charge is 0.335 e. The second kappa shape index (κ2) is 12.0. The zero-order chi connectivity index (χ0) is 25.8. The number of aliphatic carboxylic acids is 1. The van der Waals surface area contributed by atoms with Crippen molar-refractivity contribution in [1.82, 2.24) is 5.06 Å². The van der Waals surface area contributed by atoms with Gasteiger partial charge in [-0.05, 0) is 32.6 Å². The van der Waals surface area contributed by atoms with Crippen molar-refractivity contribution in [3.63, 3.8) is 0 Å². The summed E-state index contributed by atoms with van der Waals surface area (Å²) in [6.07, 6.45) is -8.78. The van der Waals surface area contributed by atoms with Crippen LogP contribution in [0.2, 0.25) is 0 Å². The van der Waals surface area contributed by atoms with Crippen LogP contribution in [0.15, 0.2) is 0 Å². The highest BCUT2D eigenvalue weighted by Crippen LogP contribution is 2.38. The summed E-state index contributed by atoms with van der Waals surface area (Å²) in [6, 6.07) is -0.791. The Bertz CT molecular complexity index is 686. The molecule has 0 aromatic rings. The van der Waals surface area contributed by atoms with Crippen LogP contribution in [0.4, 0.5) is 0 Å². The van der Waals surface area contributed by atoms with Crippen LogP contribution in [0.5, 0.6) is 0 Å². The molecule has 198 valence electrons. The van der Waals surface area contributed by atoms with Crippen molar-refractivity contribution in [2.75, 3.05) is 6.61 Å². The quantitative estimate of drug-likeness (QED) is 0.214. The zero-order valence-electron chi connectivity index (χ0n) is 20.4. The zero-order valence-corrected chi connectivity index (χ0v) is 20.4. The standard InChI is InChI=1S/C22H39NO11/c1-6-12-9-14(25)23-15(12)18(16(26)13(10-24)34-23)32-21(20(29)30)31-17(19(27)28)11(4)33-22(5,7-2)8-3/h11-13,15-18,20-21,24,26,29-30H,6-10H2,1-5H3,(H,27,28)/t11-,12?,13?,15?,16?,17?,18?,21?/m0/s1. The van der Waals surface area contributed by atoms with E-state index in [1.807, 2.05) is 27.7 Å². The third kappa shape index (κ3) is 6.24. The van der Waals surface area contributed by atoms with Gasteiger partial charge in [-0.3, -0.25) is 9.63 Å². The molecule has 0 saturated carbocycles. The average molecular weight is 494 g/mol. The molecule has 2 heterocycles. The molecule has 0 aromatic carbocycles. The number of nitrogens with zero attached hydrogens (tertiary/aromatic N) is 1. The first kappa shape index (κ1) is 28.9. The number of hydroxylamine groups is 2. The van der Waals surface area contributed by atoms with Crippen molar-refractivity contribution in [2.24, 2.45) is 5.92 Å². The number of ether oxygens (including phenoxy) is 3. The van der Waals surface area contributed by atoms with Crippen molar-refractivity contribution in [2.45, 2.75) is 115 Å². The van der Waals surface area contributed by atoms with E-state index in [9.17, 15) is 35.1 Å². The van der Waals surface area contributed by atoms with E-state index in [1.165, 1.54) is 6.92 Å². The normalized spacial score (nSPS) is 30.4. The summed E-state index contributed by atoms with van der Waals surface area (Å²) >= 11 is 0. The summed E-state index contributed by atoms with van der Waals surface area (Å²) in [7, 11) is 0. The van der Waals surface area contributed by atoms with Gasteiger partial charge in [-0.25, -0.2) is 9.86 Å². The Kier molecular flexibility index (Phi) is 10.2. The molecule has 0 spiro atoms. The Morgan fingerprint density at radius 2 is 1.88 bits per heavy atom. The molecule has 12 heteroatoms. The first-order valence-electron chi connectivity index (χ1n) is 11.8. The van der Waals surface area contributed by atoms with Gasteiger partial charge in [-0.2, -0.15) is 0 Å². The van der Waals surface area contributed by atoms with Gasteiger partial charge in [0.1, 0.15) is 18.3 Å². The van der Waals surface area contributed by atoms with E-state index in [1.54, 1.807) is 0 Å². The molecule has 0 aromatic heterocycles. The average Bonchev–Trinajstić information content (AvgIpc) is 3.11. The molecule has 1 amide bonds. The van der Waals surface area contributed by atoms with E-state index in [0.717, 1.165) is 5.06 Å². The Morgan fingerprint density at radius 3 is 2.35 bits per heavy atom. The molecule has 7 unspecified atom stereocenters. The van der Waals surface area contributed by atoms with Crippen molar-refractivity contribution >= 4 is 11.9 Å². The molecule has 2 aliphatic rings. The van der Waals surface area contributed by atoms with Crippen LogP contribution in [-0.2, 0) is 28.6 Å². The lowest BCUT2D eigenvalue weighted by molar-refractivity contribution is -0.348. The molecule has 2 rings (SSSR count). The van der Waals surface area contributed by atoms with Crippen LogP contribution in [0, 0.1) is 5.92 Å². The van der Waals surface area contributed by atoms with Crippen LogP contribution in [-0.4, -0.2) is 104 Å². The van der Waals surface area contributed by atoms with Gasteiger partial charge >= 0.3 is 5.97 Å². The fraction of sp³-hybridized carbons (Fsp3) is 0.909. The van der Waals surface area contributed by atoms with Gasteiger partial charge in [-0.15, -0.1) is 0 Å². The number of carbonyl (C=O) groups is 2. The highest BCUT2D eigenvalue weighted by Gasteiger charge is 2.55. The number of carboxylic acid groups (broad SMARTS) is 1. The van der Waals surface area contributed by atoms with Crippen LogP contribution in [0.1, 0.15) is 60.3 Å². The molecule has 0 radical (unpaired) electrons. The molecule has 2 aliphatic heterocycles. The summed E-state index contributed by atoms with van der Waals surface area (Å²) in [6.45, 7) is 8.35. The molecule has 8 atom stereocenters. The number of carboxylic acids is 1. The van der Waals surface area contributed by atoms with Crippen LogP contribution in [0.3, 0.4) is 0 Å². The van der Waals surface area contributed by atoms with Gasteiger partial charge in [0.25, 0.3) is 0 Å². The van der Waals surface area contributed by atoms with Gasteiger partial charge < -0.3 is 39.7 Å². The number of hydrogen-bond donors (Lipinski definition) is 5. The molecule has 0 bridgehead atoms. The lowest BCUT2D eigenvalue weighted by Gasteiger charge is -2.45. The second-order valence-corrected chi connectivity index (χ2v) is 9.16. The molecule has 0 aliphatic carbocycles. The number of fused-ring (bicyclic) bond motifs is 1. The Morgan fingerprint density at radius 1 is 1.26 bits per heavy atom. The summed E-state index contributed by atoms with van der Waals surface area (Å²) in [5, 5.41) is 51.0. The minimum absolute atomic E-state index is 0.119.